The Morgan fingerprint density at radius 1 is 0.288 bits per heavy atom. The van der Waals surface area contributed by atoms with Crippen LogP contribution in [0.1, 0.15) is 278 Å². The van der Waals surface area contributed by atoms with Gasteiger partial charge in [-0.05, 0) is 122 Å². The van der Waals surface area contributed by atoms with Gasteiger partial charge in [0, 0.05) is 19.3 Å². The van der Waals surface area contributed by atoms with Gasteiger partial charge in [0.1, 0.15) is 13.2 Å². The lowest BCUT2D eigenvalue weighted by molar-refractivity contribution is -0.167. The normalized spacial score (nSPS) is 12.9. The van der Waals surface area contributed by atoms with Crippen LogP contribution in [0.4, 0.5) is 0 Å². The minimum atomic E-state index is -0.797. The molecule has 6 heteroatoms. The summed E-state index contributed by atoms with van der Waals surface area (Å²) in [5, 5.41) is 0. The molecular weight excluding hydrogens is 901 g/mol. The molecular formula is C67H112O6. The van der Waals surface area contributed by atoms with Crippen molar-refractivity contribution in [1.29, 1.82) is 0 Å². The van der Waals surface area contributed by atoms with Crippen molar-refractivity contribution in [3.05, 3.63) is 109 Å². The van der Waals surface area contributed by atoms with E-state index >= 15 is 0 Å². The molecule has 0 bridgehead atoms. The average Bonchev–Trinajstić information content (AvgIpc) is 3.39. The number of allylic oxidation sites excluding steroid dienone is 18. The van der Waals surface area contributed by atoms with E-state index in [1.165, 1.54) is 89.9 Å². The van der Waals surface area contributed by atoms with Crippen LogP contribution in [0, 0.1) is 0 Å². The van der Waals surface area contributed by atoms with Gasteiger partial charge in [0.15, 0.2) is 6.10 Å². The molecule has 0 N–H and O–H groups in total. The number of rotatable bonds is 54. The first kappa shape index (κ1) is 69.1. The Morgan fingerprint density at radius 2 is 0.562 bits per heavy atom. The SMILES string of the molecule is CC/C=C\C/C=C\C/C=C\C/C=C\CCCCCCCCCCC(=O)OCC(COC(=O)CCCCCCC/C=C\C/C=C\CCC)OC(=O)CCCCCCCC/C=C\C/C=C\C/C=C\CCCCCCC. The zero-order chi connectivity index (χ0) is 52.9. The highest BCUT2D eigenvalue weighted by atomic mass is 16.6. The maximum Gasteiger partial charge on any atom is 0.306 e. The molecule has 0 spiro atoms. The van der Waals surface area contributed by atoms with Gasteiger partial charge in [-0.1, -0.05) is 246 Å². The van der Waals surface area contributed by atoms with Gasteiger partial charge in [-0.2, -0.15) is 0 Å². The van der Waals surface area contributed by atoms with E-state index in [4.69, 9.17) is 14.2 Å². The third-order valence-corrected chi connectivity index (χ3v) is 12.7. The Labute approximate surface area is 450 Å². The zero-order valence-electron chi connectivity index (χ0n) is 47.6. The number of ether oxygens (including phenoxy) is 3. The lowest BCUT2D eigenvalue weighted by atomic mass is 10.1. The molecule has 73 heavy (non-hydrogen) atoms. The van der Waals surface area contributed by atoms with Crippen LogP contribution in [0.25, 0.3) is 0 Å². The van der Waals surface area contributed by atoms with Gasteiger partial charge in [0.2, 0.25) is 0 Å². The quantitative estimate of drug-likeness (QED) is 0.0261. The fourth-order valence-electron chi connectivity index (χ4n) is 8.18. The van der Waals surface area contributed by atoms with Crippen molar-refractivity contribution >= 4 is 17.9 Å². The van der Waals surface area contributed by atoms with Crippen molar-refractivity contribution in [2.45, 2.75) is 284 Å². The minimum Gasteiger partial charge on any atom is -0.462 e. The van der Waals surface area contributed by atoms with Crippen LogP contribution < -0.4 is 0 Å². The predicted molar refractivity (Wildman–Crippen MR) is 316 cm³/mol. The van der Waals surface area contributed by atoms with E-state index in [1.807, 2.05) is 0 Å². The molecule has 0 aliphatic rings. The second-order valence-corrected chi connectivity index (χ2v) is 19.9. The first-order chi connectivity index (χ1) is 36.0. The highest BCUT2D eigenvalue weighted by molar-refractivity contribution is 5.71. The fraction of sp³-hybridized carbons (Fsp3) is 0.687. The van der Waals surface area contributed by atoms with Crippen LogP contribution in [-0.2, 0) is 28.6 Å². The minimum absolute atomic E-state index is 0.0936. The second kappa shape index (κ2) is 60.6. The fourth-order valence-corrected chi connectivity index (χ4v) is 8.18. The summed E-state index contributed by atoms with van der Waals surface area (Å²) in [5.74, 6) is -0.925. The van der Waals surface area contributed by atoms with Crippen molar-refractivity contribution in [2.24, 2.45) is 0 Å². The summed E-state index contributed by atoms with van der Waals surface area (Å²) >= 11 is 0. The van der Waals surface area contributed by atoms with Crippen LogP contribution in [-0.4, -0.2) is 37.2 Å². The van der Waals surface area contributed by atoms with Gasteiger partial charge in [-0.25, -0.2) is 0 Å². The van der Waals surface area contributed by atoms with Crippen molar-refractivity contribution in [2.75, 3.05) is 13.2 Å². The van der Waals surface area contributed by atoms with Gasteiger partial charge >= 0.3 is 17.9 Å². The summed E-state index contributed by atoms with van der Waals surface area (Å²) < 4.78 is 16.9. The van der Waals surface area contributed by atoms with Gasteiger partial charge in [0.05, 0.1) is 0 Å². The summed E-state index contributed by atoms with van der Waals surface area (Å²) in [6.07, 6.45) is 82.2. The number of carbonyl (C=O) groups excluding carboxylic acids is 3. The predicted octanol–water partition coefficient (Wildman–Crippen LogP) is 20.7. The monoisotopic (exact) mass is 1010 g/mol. The first-order valence-electron chi connectivity index (χ1n) is 30.4. The maximum absolute atomic E-state index is 12.9. The molecule has 0 saturated heterocycles. The molecule has 0 aromatic carbocycles. The third-order valence-electron chi connectivity index (χ3n) is 12.7. The van der Waals surface area contributed by atoms with E-state index in [0.29, 0.717) is 19.3 Å². The number of hydrogen-bond acceptors (Lipinski definition) is 6. The molecule has 0 rings (SSSR count). The smallest absolute Gasteiger partial charge is 0.306 e. The number of esters is 3. The number of hydrogen-bond donors (Lipinski definition) is 0. The van der Waals surface area contributed by atoms with E-state index in [2.05, 4.69) is 130 Å². The van der Waals surface area contributed by atoms with Crippen LogP contribution in [0.2, 0.25) is 0 Å². The molecule has 0 aromatic rings. The molecule has 0 aromatic heterocycles. The van der Waals surface area contributed by atoms with Crippen LogP contribution in [0.3, 0.4) is 0 Å². The standard InChI is InChI=1S/C67H112O6/c1-4-7-10-13-16-19-22-25-27-29-31-33-35-37-39-42-45-48-51-54-57-60-66(69)72-63-64(62-71-65(68)59-56-53-50-47-44-41-24-21-18-15-12-9-6-3)73-67(70)61-58-55-52-49-46-43-40-38-36-34-32-30-28-26-23-20-17-14-11-8-5-2/h7,10,12,15-16,19,21,23-27,30-33,36,38,64H,4-6,8-9,11,13-14,17-18,20,22,28-29,34-35,37,39-63H2,1-3H3/b10-7-,15-12-,19-16-,24-21-,26-23-,27-25-,32-30-,33-31-,38-36-. The van der Waals surface area contributed by atoms with Gasteiger partial charge in [-0.3, -0.25) is 14.4 Å². The van der Waals surface area contributed by atoms with Gasteiger partial charge < -0.3 is 14.2 Å². The molecule has 0 amide bonds. The van der Waals surface area contributed by atoms with E-state index in [1.54, 1.807) is 0 Å². The van der Waals surface area contributed by atoms with E-state index in [0.717, 1.165) is 148 Å². The van der Waals surface area contributed by atoms with Crippen LogP contribution >= 0.6 is 0 Å². The topological polar surface area (TPSA) is 78.9 Å². The highest BCUT2D eigenvalue weighted by Crippen LogP contribution is 2.15. The number of unbranched alkanes of at least 4 members (excludes halogenated alkanes) is 25. The number of carbonyl (C=O) groups is 3. The van der Waals surface area contributed by atoms with Crippen molar-refractivity contribution < 1.29 is 28.6 Å². The Balaban J connectivity index is 4.42. The molecule has 0 fully saturated rings. The zero-order valence-corrected chi connectivity index (χ0v) is 47.6. The van der Waals surface area contributed by atoms with Crippen LogP contribution in [0.5, 0.6) is 0 Å². The Bertz CT molecular complexity index is 1490. The molecule has 6 nitrogen and oxygen atoms in total. The summed E-state index contributed by atoms with van der Waals surface area (Å²) in [6.45, 7) is 6.43. The Kier molecular flexibility index (Phi) is 57.4. The third kappa shape index (κ3) is 58.8. The summed E-state index contributed by atoms with van der Waals surface area (Å²) in [6, 6.07) is 0. The molecule has 1 unspecified atom stereocenters. The molecule has 0 aliphatic carbocycles. The maximum atomic E-state index is 12.9. The molecule has 0 heterocycles. The van der Waals surface area contributed by atoms with E-state index < -0.39 is 6.10 Å². The van der Waals surface area contributed by atoms with E-state index in [-0.39, 0.29) is 31.1 Å². The lowest BCUT2D eigenvalue weighted by Crippen LogP contribution is -2.30. The van der Waals surface area contributed by atoms with E-state index in [9.17, 15) is 14.4 Å². The first-order valence-corrected chi connectivity index (χ1v) is 30.4. The molecule has 0 saturated carbocycles. The highest BCUT2D eigenvalue weighted by Gasteiger charge is 2.19. The van der Waals surface area contributed by atoms with Crippen LogP contribution in [0.15, 0.2) is 109 Å². The van der Waals surface area contributed by atoms with Gasteiger partial charge in [0.25, 0.3) is 0 Å². The summed E-state index contributed by atoms with van der Waals surface area (Å²) in [4.78, 5) is 38.2. The largest absolute Gasteiger partial charge is 0.462 e. The Morgan fingerprint density at radius 3 is 0.890 bits per heavy atom. The average molecular weight is 1010 g/mol. The summed E-state index contributed by atoms with van der Waals surface area (Å²) in [5.41, 5.74) is 0. The molecule has 416 valence electrons. The summed E-state index contributed by atoms with van der Waals surface area (Å²) in [7, 11) is 0. The van der Waals surface area contributed by atoms with Gasteiger partial charge in [-0.15, -0.1) is 0 Å². The lowest BCUT2D eigenvalue weighted by Gasteiger charge is -2.18. The van der Waals surface area contributed by atoms with Crippen molar-refractivity contribution in [1.82, 2.24) is 0 Å². The van der Waals surface area contributed by atoms with Crippen molar-refractivity contribution in [3.63, 3.8) is 0 Å². The molecule has 1 atom stereocenters. The van der Waals surface area contributed by atoms with Crippen molar-refractivity contribution in [3.8, 4) is 0 Å². The molecule has 0 aliphatic heterocycles. The molecule has 0 radical (unpaired) electrons. The Hall–Kier alpha value is -3.93. The second-order valence-electron chi connectivity index (χ2n) is 19.9.